The van der Waals surface area contributed by atoms with Gasteiger partial charge in [-0.2, -0.15) is 0 Å². The van der Waals surface area contributed by atoms with E-state index < -0.39 is 30.1 Å². The fraction of sp³-hybridized carbons (Fsp3) is 0.875. The molecule has 3 unspecified atom stereocenters. The predicted octanol–water partition coefficient (Wildman–Crippen LogP) is -0.0760. The van der Waals surface area contributed by atoms with Crippen LogP contribution in [0.4, 0.5) is 8.78 Å². The van der Waals surface area contributed by atoms with E-state index in [0.717, 1.165) is 0 Å². The van der Waals surface area contributed by atoms with E-state index in [2.05, 4.69) is 5.32 Å². The van der Waals surface area contributed by atoms with Gasteiger partial charge in [-0.25, -0.2) is 8.78 Å². The number of ether oxygens (including phenoxy) is 2. The number of halogens is 2. The zero-order valence-electron chi connectivity index (χ0n) is 7.63. The number of carbonyl (C=O) groups is 1. The van der Waals surface area contributed by atoms with Crippen LogP contribution in [0.15, 0.2) is 0 Å². The molecule has 0 amide bonds. The fourth-order valence-corrected chi connectivity index (χ4v) is 1.55. The first-order valence-corrected chi connectivity index (χ1v) is 4.49. The van der Waals surface area contributed by atoms with Crippen LogP contribution in [0.1, 0.15) is 6.92 Å². The maximum absolute atomic E-state index is 12.8. The first-order chi connectivity index (χ1) is 6.57. The minimum atomic E-state index is -2.83. The summed E-state index contributed by atoms with van der Waals surface area (Å²) < 4.78 is 35.1. The molecule has 1 N–H and O–H groups in total. The van der Waals surface area contributed by atoms with Crippen LogP contribution in [0.5, 0.6) is 0 Å². The normalized spacial score (nSPS) is 38.6. The maximum atomic E-state index is 12.8. The lowest BCUT2D eigenvalue weighted by Gasteiger charge is -2.19. The Balaban J connectivity index is 1.91. The monoisotopic (exact) mass is 207 g/mol. The minimum Gasteiger partial charge on any atom is -0.465 e. The van der Waals surface area contributed by atoms with Crippen molar-refractivity contribution < 1.29 is 23.0 Å². The highest BCUT2D eigenvalue weighted by Crippen LogP contribution is 2.46. The quantitative estimate of drug-likeness (QED) is 0.643. The average molecular weight is 207 g/mol. The Morgan fingerprint density at radius 3 is 3.00 bits per heavy atom. The van der Waals surface area contributed by atoms with Gasteiger partial charge in [0, 0.05) is 0 Å². The van der Waals surface area contributed by atoms with Crippen molar-refractivity contribution in [2.24, 2.45) is 0 Å². The molecular weight excluding hydrogens is 196 g/mol. The van der Waals surface area contributed by atoms with Crippen molar-refractivity contribution in [1.29, 1.82) is 0 Å². The molecule has 0 bridgehead atoms. The highest BCUT2D eigenvalue weighted by molar-refractivity contribution is 5.76. The van der Waals surface area contributed by atoms with Gasteiger partial charge in [-0.05, 0) is 6.92 Å². The topological polar surface area (TPSA) is 47.6 Å². The van der Waals surface area contributed by atoms with E-state index in [0.29, 0.717) is 0 Å². The molecule has 6 heteroatoms. The van der Waals surface area contributed by atoms with Gasteiger partial charge < -0.3 is 9.47 Å². The molecule has 2 aliphatic rings. The second kappa shape index (κ2) is 3.13. The van der Waals surface area contributed by atoms with Gasteiger partial charge in [0.1, 0.15) is 18.2 Å². The van der Waals surface area contributed by atoms with Gasteiger partial charge in [0.15, 0.2) is 0 Å². The Morgan fingerprint density at radius 1 is 1.71 bits per heavy atom. The van der Waals surface area contributed by atoms with Crippen LogP contribution in [0, 0.1) is 0 Å². The van der Waals surface area contributed by atoms with Crippen molar-refractivity contribution in [1.82, 2.24) is 5.32 Å². The SMILES string of the molecule is CCOC(=O)C1COC2C(N1)C2(F)F. The molecule has 1 saturated heterocycles. The lowest BCUT2D eigenvalue weighted by atomic mass is 10.3. The summed E-state index contributed by atoms with van der Waals surface area (Å²) in [6.07, 6.45) is -1.06. The largest absolute Gasteiger partial charge is 0.465 e. The summed E-state index contributed by atoms with van der Waals surface area (Å²) in [5.41, 5.74) is 0. The van der Waals surface area contributed by atoms with Gasteiger partial charge in [0.05, 0.1) is 13.2 Å². The number of hydrogen-bond donors (Lipinski definition) is 1. The summed E-state index contributed by atoms with van der Waals surface area (Å²) >= 11 is 0. The summed E-state index contributed by atoms with van der Waals surface area (Å²) in [7, 11) is 0. The Bertz CT molecular complexity index is 259. The van der Waals surface area contributed by atoms with Gasteiger partial charge in [-0.15, -0.1) is 0 Å². The second-order valence-electron chi connectivity index (χ2n) is 3.38. The van der Waals surface area contributed by atoms with Crippen molar-refractivity contribution in [3.63, 3.8) is 0 Å². The molecular formula is C8H11F2NO3. The second-order valence-corrected chi connectivity index (χ2v) is 3.38. The Hall–Kier alpha value is -0.750. The number of hydrogen-bond acceptors (Lipinski definition) is 4. The molecule has 0 aromatic carbocycles. The standard InChI is InChI=1S/C8H11F2NO3/c1-2-13-7(12)4-3-14-6-5(11-4)8(6,9)10/h4-6,11H,2-3H2,1H3. The molecule has 2 fully saturated rings. The fourth-order valence-electron chi connectivity index (χ4n) is 1.55. The van der Waals surface area contributed by atoms with Crippen molar-refractivity contribution in [3.8, 4) is 0 Å². The molecule has 0 radical (unpaired) electrons. The third-order valence-corrected chi connectivity index (χ3v) is 2.38. The smallest absolute Gasteiger partial charge is 0.325 e. The van der Waals surface area contributed by atoms with Crippen molar-refractivity contribution in [2.75, 3.05) is 13.2 Å². The van der Waals surface area contributed by atoms with Crippen molar-refractivity contribution in [3.05, 3.63) is 0 Å². The zero-order chi connectivity index (χ0) is 10.3. The predicted molar refractivity (Wildman–Crippen MR) is 42.0 cm³/mol. The van der Waals surface area contributed by atoms with Gasteiger partial charge >= 0.3 is 5.97 Å². The number of alkyl halides is 2. The summed E-state index contributed by atoms with van der Waals surface area (Å²) in [4.78, 5) is 11.2. The van der Waals surface area contributed by atoms with Crippen molar-refractivity contribution >= 4 is 5.97 Å². The van der Waals surface area contributed by atoms with E-state index in [4.69, 9.17) is 9.47 Å². The average Bonchev–Trinajstić information content (AvgIpc) is 2.70. The summed E-state index contributed by atoms with van der Waals surface area (Å²) in [6.45, 7) is 1.85. The number of carbonyl (C=O) groups excluding carboxylic acids is 1. The molecule has 1 heterocycles. The van der Waals surface area contributed by atoms with E-state index in [1.54, 1.807) is 6.92 Å². The molecule has 1 saturated carbocycles. The molecule has 0 aromatic rings. The van der Waals surface area contributed by atoms with E-state index in [1.165, 1.54) is 0 Å². The summed E-state index contributed by atoms with van der Waals surface area (Å²) in [5.74, 6) is -3.37. The Kier molecular flexibility index (Phi) is 2.19. The summed E-state index contributed by atoms with van der Waals surface area (Å²) in [6, 6.07) is -1.78. The first kappa shape index (κ1) is 9.79. The van der Waals surface area contributed by atoms with Crippen LogP contribution in [0.2, 0.25) is 0 Å². The number of esters is 1. The van der Waals surface area contributed by atoms with Gasteiger partial charge in [0.25, 0.3) is 5.92 Å². The third kappa shape index (κ3) is 1.38. The van der Waals surface area contributed by atoms with Crippen LogP contribution in [-0.4, -0.2) is 43.3 Å². The molecule has 1 aliphatic heterocycles. The van der Waals surface area contributed by atoms with Crippen LogP contribution in [-0.2, 0) is 14.3 Å². The highest BCUT2D eigenvalue weighted by atomic mass is 19.3. The third-order valence-electron chi connectivity index (χ3n) is 2.38. The number of nitrogens with one attached hydrogen (secondary N) is 1. The minimum absolute atomic E-state index is 0.0460. The Labute approximate surface area is 79.6 Å². The molecule has 1 aliphatic carbocycles. The van der Waals surface area contributed by atoms with E-state index >= 15 is 0 Å². The molecule has 14 heavy (non-hydrogen) atoms. The highest BCUT2D eigenvalue weighted by Gasteiger charge is 2.72. The molecule has 80 valence electrons. The molecule has 0 spiro atoms. The first-order valence-electron chi connectivity index (χ1n) is 4.49. The molecule has 3 atom stereocenters. The van der Waals surface area contributed by atoms with Gasteiger partial charge in [0.2, 0.25) is 0 Å². The zero-order valence-corrected chi connectivity index (χ0v) is 7.63. The maximum Gasteiger partial charge on any atom is 0.325 e. The molecule has 4 nitrogen and oxygen atoms in total. The number of fused-ring (bicyclic) bond motifs is 1. The Morgan fingerprint density at radius 2 is 2.43 bits per heavy atom. The molecule has 0 aromatic heterocycles. The molecule has 2 rings (SSSR count). The van der Waals surface area contributed by atoms with Gasteiger partial charge in [-0.3, -0.25) is 10.1 Å². The van der Waals surface area contributed by atoms with Crippen LogP contribution in [0.3, 0.4) is 0 Å². The van der Waals surface area contributed by atoms with E-state index in [9.17, 15) is 13.6 Å². The number of rotatable bonds is 2. The van der Waals surface area contributed by atoms with Crippen molar-refractivity contribution in [2.45, 2.75) is 31.0 Å². The number of morpholine rings is 1. The van der Waals surface area contributed by atoms with Crippen LogP contribution < -0.4 is 5.32 Å². The van der Waals surface area contributed by atoms with Gasteiger partial charge in [-0.1, -0.05) is 0 Å². The van der Waals surface area contributed by atoms with Crippen LogP contribution >= 0.6 is 0 Å². The lowest BCUT2D eigenvalue weighted by molar-refractivity contribution is -0.148. The summed E-state index contributed by atoms with van der Waals surface area (Å²) in [5, 5.41) is 2.52. The van der Waals surface area contributed by atoms with Crippen LogP contribution in [0.25, 0.3) is 0 Å². The van der Waals surface area contributed by atoms with E-state index in [1.807, 2.05) is 0 Å². The van der Waals surface area contributed by atoms with E-state index in [-0.39, 0.29) is 13.2 Å². The lowest BCUT2D eigenvalue weighted by Crippen LogP contribution is -2.47.